The van der Waals surface area contributed by atoms with Gasteiger partial charge in [0.2, 0.25) is 0 Å². The predicted octanol–water partition coefficient (Wildman–Crippen LogP) is 4.18. The van der Waals surface area contributed by atoms with Crippen LogP contribution in [0, 0.1) is 0 Å². The fraction of sp³-hybridized carbons (Fsp3) is 0.286. The molecular formula is C21H19F3N4O2. The van der Waals surface area contributed by atoms with E-state index in [1.807, 2.05) is 4.90 Å². The highest BCUT2D eigenvalue weighted by molar-refractivity contribution is 6.12. The molecule has 0 atom stereocenters. The Labute approximate surface area is 169 Å². The van der Waals surface area contributed by atoms with Crippen LogP contribution in [0.2, 0.25) is 0 Å². The normalized spacial score (nSPS) is 14.7. The van der Waals surface area contributed by atoms with Crippen molar-refractivity contribution >= 4 is 28.1 Å². The van der Waals surface area contributed by atoms with Gasteiger partial charge in [-0.15, -0.1) is 0 Å². The zero-order valence-electron chi connectivity index (χ0n) is 15.9. The molecule has 0 aliphatic carbocycles. The molecule has 0 saturated carbocycles. The van der Waals surface area contributed by atoms with Crippen molar-refractivity contribution in [2.45, 2.75) is 25.4 Å². The van der Waals surface area contributed by atoms with Gasteiger partial charge >= 0.3 is 6.18 Å². The van der Waals surface area contributed by atoms with Gasteiger partial charge in [-0.05, 0) is 43.5 Å². The summed E-state index contributed by atoms with van der Waals surface area (Å²) in [7, 11) is 0. The molecule has 2 heterocycles. The van der Waals surface area contributed by atoms with Gasteiger partial charge in [0, 0.05) is 18.5 Å². The molecule has 9 heteroatoms. The summed E-state index contributed by atoms with van der Waals surface area (Å²) < 4.78 is 39.8. The van der Waals surface area contributed by atoms with Gasteiger partial charge in [-0.3, -0.25) is 9.59 Å². The first-order valence-corrected chi connectivity index (χ1v) is 9.59. The lowest BCUT2D eigenvalue weighted by Crippen LogP contribution is -2.31. The summed E-state index contributed by atoms with van der Waals surface area (Å²) in [6, 6.07) is 9.79. The van der Waals surface area contributed by atoms with E-state index in [1.165, 1.54) is 6.07 Å². The SMILES string of the molecule is O=C(Nc1cc(C(F)(F)F)ccc1N1CCCCC1)c1n[nH]c(=O)c2ccccc12. The number of rotatable bonds is 3. The lowest BCUT2D eigenvalue weighted by molar-refractivity contribution is -0.137. The molecule has 1 aliphatic heterocycles. The number of carbonyl (C=O) groups is 1. The number of hydrogen-bond donors (Lipinski definition) is 2. The largest absolute Gasteiger partial charge is 0.416 e. The highest BCUT2D eigenvalue weighted by Crippen LogP contribution is 2.36. The van der Waals surface area contributed by atoms with Crippen LogP contribution in [0.15, 0.2) is 47.3 Å². The van der Waals surface area contributed by atoms with Gasteiger partial charge in [0.05, 0.1) is 22.3 Å². The summed E-state index contributed by atoms with van der Waals surface area (Å²) in [6.45, 7) is 1.40. The molecular weight excluding hydrogens is 397 g/mol. The zero-order chi connectivity index (χ0) is 21.3. The minimum absolute atomic E-state index is 0.0628. The molecule has 2 N–H and O–H groups in total. The number of amides is 1. The van der Waals surface area contributed by atoms with E-state index in [9.17, 15) is 22.8 Å². The molecule has 156 valence electrons. The van der Waals surface area contributed by atoms with Gasteiger partial charge in [-0.2, -0.15) is 18.3 Å². The van der Waals surface area contributed by atoms with Crippen LogP contribution in [0.25, 0.3) is 10.8 Å². The van der Waals surface area contributed by atoms with E-state index >= 15 is 0 Å². The number of fused-ring (bicyclic) bond motifs is 1. The van der Waals surface area contributed by atoms with Crippen molar-refractivity contribution in [3.05, 3.63) is 64.1 Å². The molecule has 1 aromatic heterocycles. The third-order valence-electron chi connectivity index (χ3n) is 5.18. The Morgan fingerprint density at radius 3 is 2.43 bits per heavy atom. The Balaban J connectivity index is 1.75. The second-order valence-corrected chi connectivity index (χ2v) is 7.18. The lowest BCUT2D eigenvalue weighted by Gasteiger charge is -2.31. The van der Waals surface area contributed by atoms with E-state index in [1.54, 1.807) is 24.3 Å². The zero-order valence-corrected chi connectivity index (χ0v) is 15.9. The Morgan fingerprint density at radius 1 is 1.03 bits per heavy atom. The molecule has 0 radical (unpaired) electrons. The number of nitrogens with zero attached hydrogens (tertiary/aromatic N) is 2. The van der Waals surface area contributed by atoms with Crippen molar-refractivity contribution in [3.63, 3.8) is 0 Å². The number of hydrogen-bond acceptors (Lipinski definition) is 4. The molecule has 0 unspecified atom stereocenters. The number of carbonyl (C=O) groups excluding carboxylic acids is 1. The quantitative estimate of drug-likeness (QED) is 0.671. The third-order valence-corrected chi connectivity index (χ3v) is 5.18. The van der Waals surface area contributed by atoms with Crippen LogP contribution in [0.3, 0.4) is 0 Å². The second kappa shape index (κ2) is 7.81. The van der Waals surface area contributed by atoms with Gasteiger partial charge in [0.15, 0.2) is 5.69 Å². The maximum atomic E-state index is 13.3. The van der Waals surface area contributed by atoms with Crippen LogP contribution in [-0.4, -0.2) is 29.2 Å². The van der Waals surface area contributed by atoms with Crippen LogP contribution in [0.4, 0.5) is 24.5 Å². The van der Waals surface area contributed by atoms with Gasteiger partial charge < -0.3 is 10.2 Å². The van der Waals surface area contributed by atoms with Gasteiger partial charge in [-0.1, -0.05) is 18.2 Å². The maximum absolute atomic E-state index is 13.3. The molecule has 1 aliphatic rings. The summed E-state index contributed by atoms with van der Waals surface area (Å²) in [5.41, 5.74) is -0.765. The Kier molecular flexibility index (Phi) is 5.19. The number of anilines is 2. The number of nitrogens with one attached hydrogen (secondary N) is 2. The van der Waals surface area contributed by atoms with E-state index in [0.29, 0.717) is 24.2 Å². The van der Waals surface area contributed by atoms with E-state index in [2.05, 4.69) is 15.5 Å². The first-order chi connectivity index (χ1) is 14.3. The minimum Gasteiger partial charge on any atom is -0.370 e. The number of piperidine rings is 1. The topological polar surface area (TPSA) is 78.1 Å². The highest BCUT2D eigenvalue weighted by Gasteiger charge is 2.32. The van der Waals surface area contributed by atoms with Crippen molar-refractivity contribution in [2.24, 2.45) is 0 Å². The maximum Gasteiger partial charge on any atom is 0.416 e. The molecule has 1 amide bonds. The van der Waals surface area contributed by atoms with Gasteiger partial charge in [-0.25, -0.2) is 5.10 Å². The molecule has 4 rings (SSSR count). The Morgan fingerprint density at radius 2 is 1.73 bits per heavy atom. The Hall–Kier alpha value is -3.36. The van der Waals surface area contributed by atoms with Crippen LogP contribution in [-0.2, 0) is 6.18 Å². The molecule has 3 aromatic rings. The molecule has 30 heavy (non-hydrogen) atoms. The minimum atomic E-state index is -4.54. The van der Waals surface area contributed by atoms with Crippen molar-refractivity contribution < 1.29 is 18.0 Å². The molecule has 6 nitrogen and oxygen atoms in total. The standard InChI is InChI=1S/C21H19F3N4O2/c22-21(23,24)13-8-9-17(28-10-4-1-5-11-28)16(12-13)25-20(30)18-14-6-2-3-7-15(14)19(29)27-26-18/h2-3,6-9,12H,1,4-5,10-11H2,(H,25,30)(H,27,29). The van der Waals surface area contributed by atoms with Crippen molar-refractivity contribution in [1.29, 1.82) is 0 Å². The fourth-order valence-corrected chi connectivity index (χ4v) is 3.69. The first kappa shape index (κ1) is 19.9. The highest BCUT2D eigenvalue weighted by atomic mass is 19.4. The monoisotopic (exact) mass is 416 g/mol. The Bertz CT molecular complexity index is 1150. The number of aromatic nitrogens is 2. The van der Waals surface area contributed by atoms with Crippen LogP contribution in [0.1, 0.15) is 35.3 Å². The van der Waals surface area contributed by atoms with Gasteiger partial charge in [0.25, 0.3) is 11.5 Å². The third kappa shape index (κ3) is 3.87. The lowest BCUT2D eigenvalue weighted by atomic mass is 10.1. The predicted molar refractivity (Wildman–Crippen MR) is 108 cm³/mol. The second-order valence-electron chi connectivity index (χ2n) is 7.18. The first-order valence-electron chi connectivity index (χ1n) is 9.59. The summed E-state index contributed by atoms with van der Waals surface area (Å²) in [5, 5.41) is 9.28. The average molecular weight is 416 g/mol. The molecule has 0 spiro atoms. The molecule has 1 fully saturated rings. The van der Waals surface area contributed by atoms with Crippen LogP contribution in [0.5, 0.6) is 0 Å². The fourth-order valence-electron chi connectivity index (χ4n) is 3.69. The van der Waals surface area contributed by atoms with E-state index in [0.717, 1.165) is 31.4 Å². The number of H-pyrrole nitrogens is 1. The summed E-state index contributed by atoms with van der Waals surface area (Å²) in [4.78, 5) is 26.9. The van der Waals surface area contributed by atoms with E-state index < -0.39 is 23.2 Å². The number of alkyl halides is 3. The van der Waals surface area contributed by atoms with Crippen LogP contribution >= 0.6 is 0 Å². The van der Waals surface area contributed by atoms with Crippen molar-refractivity contribution in [2.75, 3.05) is 23.3 Å². The van der Waals surface area contributed by atoms with E-state index in [-0.39, 0.29) is 16.8 Å². The van der Waals surface area contributed by atoms with Crippen molar-refractivity contribution in [3.8, 4) is 0 Å². The van der Waals surface area contributed by atoms with Crippen molar-refractivity contribution in [1.82, 2.24) is 10.2 Å². The van der Waals surface area contributed by atoms with Gasteiger partial charge in [0.1, 0.15) is 0 Å². The molecule has 2 aromatic carbocycles. The smallest absolute Gasteiger partial charge is 0.370 e. The summed E-state index contributed by atoms with van der Waals surface area (Å²) >= 11 is 0. The summed E-state index contributed by atoms with van der Waals surface area (Å²) in [6.07, 6.45) is -1.62. The number of aromatic amines is 1. The number of benzene rings is 2. The molecule has 0 bridgehead atoms. The molecule has 1 saturated heterocycles. The van der Waals surface area contributed by atoms with E-state index in [4.69, 9.17) is 0 Å². The summed E-state index contributed by atoms with van der Waals surface area (Å²) in [5.74, 6) is -0.694. The van der Waals surface area contributed by atoms with Crippen LogP contribution < -0.4 is 15.8 Å². The number of halogens is 3. The average Bonchev–Trinajstić information content (AvgIpc) is 2.74.